The van der Waals surface area contributed by atoms with Gasteiger partial charge in [-0.15, -0.1) is 0 Å². The van der Waals surface area contributed by atoms with Gasteiger partial charge in [-0.1, -0.05) is 47.0 Å². The van der Waals surface area contributed by atoms with Gasteiger partial charge in [-0.25, -0.2) is 0 Å². The summed E-state index contributed by atoms with van der Waals surface area (Å²) in [5, 5.41) is 0. The minimum atomic E-state index is 0.0931. The predicted molar refractivity (Wildman–Crippen MR) is 99.7 cm³/mol. The van der Waals surface area contributed by atoms with Gasteiger partial charge in [0.25, 0.3) is 0 Å². The maximum absolute atomic E-state index is 12.5. The van der Waals surface area contributed by atoms with E-state index in [1.807, 2.05) is 0 Å². The summed E-state index contributed by atoms with van der Waals surface area (Å²) in [5.41, 5.74) is 0.0931. The lowest BCUT2D eigenvalue weighted by Gasteiger charge is -2.28. The molecule has 0 saturated carbocycles. The van der Waals surface area contributed by atoms with Gasteiger partial charge in [0, 0.05) is 19.5 Å². The van der Waals surface area contributed by atoms with Crippen LogP contribution in [-0.2, 0) is 4.79 Å². The smallest absolute Gasteiger partial charge is 0.223 e. The summed E-state index contributed by atoms with van der Waals surface area (Å²) in [5.74, 6) is 0.349. The SMILES string of the molecule is CCCCN(CCCCCN1CCCCC1)C(=O)CC(C)(C)C. The number of amides is 1. The zero-order valence-electron chi connectivity index (χ0n) is 16.2. The summed E-state index contributed by atoms with van der Waals surface area (Å²) in [4.78, 5) is 17.2. The number of carbonyl (C=O) groups is 1. The molecule has 1 saturated heterocycles. The number of nitrogens with zero attached hydrogens (tertiary/aromatic N) is 2. The van der Waals surface area contributed by atoms with Crippen LogP contribution in [0.2, 0.25) is 0 Å². The first-order valence-electron chi connectivity index (χ1n) is 9.92. The van der Waals surface area contributed by atoms with E-state index in [4.69, 9.17) is 0 Å². The third-order valence-corrected chi connectivity index (χ3v) is 4.67. The Hall–Kier alpha value is -0.570. The van der Waals surface area contributed by atoms with Crippen LogP contribution in [-0.4, -0.2) is 48.4 Å². The highest BCUT2D eigenvalue weighted by atomic mass is 16.2. The number of hydrogen-bond donors (Lipinski definition) is 0. The zero-order chi connectivity index (χ0) is 17.1. The maximum atomic E-state index is 12.5. The highest BCUT2D eigenvalue weighted by Crippen LogP contribution is 2.20. The molecule has 0 unspecified atom stereocenters. The molecule has 0 N–H and O–H groups in total. The molecule has 0 aromatic carbocycles. The van der Waals surface area contributed by atoms with E-state index in [2.05, 4.69) is 37.5 Å². The summed E-state index contributed by atoms with van der Waals surface area (Å²) in [6, 6.07) is 0. The lowest BCUT2D eigenvalue weighted by atomic mass is 9.91. The molecule has 1 heterocycles. The topological polar surface area (TPSA) is 23.6 Å². The van der Waals surface area contributed by atoms with Crippen LogP contribution in [0.4, 0.5) is 0 Å². The molecule has 23 heavy (non-hydrogen) atoms. The Morgan fingerprint density at radius 2 is 1.61 bits per heavy atom. The average molecular weight is 325 g/mol. The molecule has 136 valence electrons. The molecule has 0 aromatic rings. The van der Waals surface area contributed by atoms with Crippen molar-refractivity contribution in [3.63, 3.8) is 0 Å². The van der Waals surface area contributed by atoms with Crippen LogP contribution in [0.25, 0.3) is 0 Å². The first-order valence-corrected chi connectivity index (χ1v) is 9.92. The minimum absolute atomic E-state index is 0.0931. The zero-order valence-corrected chi connectivity index (χ0v) is 16.2. The lowest BCUT2D eigenvalue weighted by molar-refractivity contribution is -0.133. The lowest BCUT2D eigenvalue weighted by Crippen LogP contribution is -2.35. The van der Waals surface area contributed by atoms with Crippen molar-refractivity contribution in [2.24, 2.45) is 5.41 Å². The molecule has 1 rings (SSSR count). The third-order valence-electron chi connectivity index (χ3n) is 4.67. The summed E-state index contributed by atoms with van der Waals surface area (Å²) in [6.07, 6.45) is 10.8. The maximum Gasteiger partial charge on any atom is 0.223 e. The molecule has 1 aliphatic rings. The number of piperidine rings is 1. The average Bonchev–Trinajstić information content (AvgIpc) is 2.49. The van der Waals surface area contributed by atoms with Crippen LogP contribution < -0.4 is 0 Å². The van der Waals surface area contributed by atoms with Crippen molar-refractivity contribution in [1.29, 1.82) is 0 Å². The van der Waals surface area contributed by atoms with Crippen molar-refractivity contribution in [2.75, 3.05) is 32.7 Å². The molecular weight excluding hydrogens is 284 g/mol. The molecule has 1 fully saturated rings. The van der Waals surface area contributed by atoms with Crippen LogP contribution in [0.15, 0.2) is 0 Å². The molecular formula is C20H40N2O. The second-order valence-corrected chi connectivity index (χ2v) is 8.43. The quantitative estimate of drug-likeness (QED) is 0.543. The molecule has 0 aliphatic carbocycles. The van der Waals surface area contributed by atoms with E-state index in [1.165, 1.54) is 51.7 Å². The number of carbonyl (C=O) groups excluding carboxylic acids is 1. The highest BCUT2D eigenvalue weighted by Gasteiger charge is 2.20. The number of rotatable bonds is 10. The molecule has 0 aromatic heterocycles. The molecule has 0 atom stereocenters. The Balaban J connectivity index is 2.23. The van der Waals surface area contributed by atoms with Gasteiger partial charge in [0.2, 0.25) is 5.91 Å². The van der Waals surface area contributed by atoms with Gasteiger partial charge in [-0.05, 0) is 57.2 Å². The molecule has 1 aliphatic heterocycles. The first kappa shape index (κ1) is 20.5. The van der Waals surface area contributed by atoms with Crippen LogP contribution >= 0.6 is 0 Å². The van der Waals surface area contributed by atoms with Crippen LogP contribution in [0.1, 0.15) is 85.5 Å². The van der Waals surface area contributed by atoms with Gasteiger partial charge in [0.15, 0.2) is 0 Å². The summed E-state index contributed by atoms with van der Waals surface area (Å²) < 4.78 is 0. The van der Waals surface area contributed by atoms with Crippen LogP contribution in [0, 0.1) is 5.41 Å². The first-order chi connectivity index (χ1) is 10.9. The molecule has 0 spiro atoms. The fraction of sp³-hybridized carbons (Fsp3) is 0.950. The van der Waals surface area contributed by atoms with Crippen molar-refractivity contribution in [2.45, 2.75) is 85.5 Å². The number of unbranched alkanes of at least 4 members (excludes halogenated alkanes) is 3. The van der Waals surface area contributed by atoms with Gasteiger partial charge in [0.05, 0.1) is 0 Å². The van der Waals surface area contributed by atoms with Crippen LogP contribution in [0.3, 0.4) is 0 Å². The molecule has 0 radical (unpaired) electrons. The summed E-state index contributed by atoms with van der Waals surface area (Å²) >= 11 is 0. The molecule has 3 heteroatoms. The predicted octanol–water partition coefficient (Wildman–Crippen LogP) is 4.71. The normalized spacial score (nSPS) is 16.5. The third kappa shape index (κ3) is 10.0. The fourth-order valence-electron chi connectivity index (χ4n) is 3.27. The molecule has 3 nitrogen and oxygen atoms in total. The Labute approximate surface area is 144 Å². The van der Waals surface area contributed by atoms with E-state index in [9.17, 15) is 4.79 Å². The second kappa shape index (κ2) is 11.1. The fourth-order valence-corrected chi connectivity index (χ4v) is 3.27. The van der Waals surface area contributed by atoms with Gasteiger partial charge in [-0.3, -0.25) is 4.79 Å². The van der Waals surface area contributed by atoms with E-state index in [0.717, 1.165) is 32.4 Å². The van der Waals surface area contributed by atoms with Gasteiger partial charge < -0.3 is 9.80 Å². The second-order valence-electron chi connectivity index (χ2n) is 8.43. The molecule has 1 amide bonds. The van der Waals surface area contributed by atoms with E-state index < -0.39 is 0 Å². The van der Waals surface area contributed by atoms with Crippen molar-refractivity contribution < 1.29 is 4.79 Å². The number of likely N-dealkylation sites (tertiary alicyclic amines) is 1. The standard InChI is InChI=1S/C20H40N2O/c1-5-6-16-22(19(23)18-20(2,3)4)17-12-8-11-15-21-13-9-7-10-14-21/h5-18H2,1-4H3. The Morgan fingerprint density at radius 1 is 0.957 bits per heavy atom. The van der Waals surface area contributed by atoms with Crippen molar-refractivity contribution in [3.05, 3.63) is 0 Å². The van der Waals surface area contributed by atoms with Gasteiger partial charge in [0.1, 0.15) is 0 Å². The van der Waals surface area contributed by atoms with E-state index in [-0.39, 0.29) is 5.41 Å². The Morgan fingerprint density at radius 3 is 2.22 bits per heavy atom. The van der Waals surface area contributed by atoms with E-state index in [1.54, 1.807) is 0 Å². The van der Waals surface area contributed by atoms with E-state index in [0.29, 0.717) is 12.3 Å². The van der Waals surface area contributed by atoms with Crippen LogP contribution in [0.5, 0.6) is 0 Å². The van der Waals surface area contributed by atoms with Crippen molar-refractivity contribution in [1.82, 2.24) is 9.80 Å². The summed E-state index contributed by atoms with van der Waals surface area (Å²) in [7, 11) is 0. The Bertz CT molecular complexity index is 316. The number of hydrogen-bond acceptors (Lipinski definition) is 2. The van der Waals surface area contributed by atoms with E-state index >= 15 is 0 Å². The monoisotopic (exact) mass is 324 g/mol. The van der Waals surface area contributed by atoms with Gasteiger partial charge in [-0.2, -0.15) is 0 Å². The highest BCUT2D eigenvalue weighted by molar-refractivity contribution is 5.76. The van der Waals surface area contributed by atoms with Gasteiger partial charge >= 0.3 is 0 Å². The largest absolute Gasteiger partial charge is 0.343 e. The Kier molecular flexibility index (Phi) is 9.85. The molecule has 0 bridgehead atoms. The summed E-state index contributed by atoms with van der Waals surface area (Å²) in [6.45, 7) is 14.4. The minimum Gasteiger partial charge on any atom is -0.343 e. The van der Waals surface area contributed by atoms with Crippen molar-refractivity contribution >= 4 is 5.91 Å². The van der Waals surface area contributed by atoms with Crippen molar-refractivity contribution in [3.8, 4) is 0 Å².